The van der Waals surface area contributed by atoms with E-state index in [0.717, 1.165) is 18.9 Å². The van der Waals surface area contributed by atoms with Gasteiger partial charge in [-0.05, 0) is 58.1 Å². The molecule has 1 fully saturated rings. The van der Waals surface area contributed by atoms with Crippen molar-refractivity contribution in [1.29, 1.82) is 0 Å². The number of halogens is 2. The Hall–Kier alpha value is -2.28. The van der Waals surface area contributed by atoms with E-state index >= 15 is 0 Å². The molecule has 5 nitrogen and oxygen atoms in total. The van der Waals surface area contributed by atoms with Gasteiger partial charge in [0.15, 0.2) is 11.6 Å². The molecule has 3 rings (SSSR count). The van der Waals surface area contributed by atoms with E-state index in [0.29, 0.717) is 36.7 Å². The van der Waals surface area contributed by atoms with E-state index in [1.807, 2.05) is 0 Å². The van der Waals surface area contributed by atoms with Crippen LogP contribution in [-0.4, -0.2) is 44.8 Å². The molecule has 1 saturated heterocycles. The van der Waals surface area contributed by atoms with Crippen molar-refractivity contribution < 1.29 is 18.7 Å². The van der Waals surface area contributed by atoms with Crippen LogP contribution in [0, 0.1) is 24.5 Å². The van der Waals surface area contributed by atoms with Crippen LogP contribution in [0.25, 0.3) is 11.3 Å². The molecule has 2 heterocycles. The van der Waals surface area contributed by atoms with Gasteiger partial charge < -0.3 is 10.0 Å². The lowest BCUT2D eigenvalue weighted by Crippen LogP contribution is -2.40. The van der Waals surface area contributed by atoms with Gasteiger partial charge in [0, 0.05) is 24.2 Å². The maximum atomic E-state index is 14.1. The summed E-state index contributed by atoms with van der Waals surface area (Å²) in [4.78, 5) is 14.6. The zero-order valence-electron chi connectivity index (χ0n) is 15.9. The van der Waals surface area contributed by atoms with Crippen LogP contribution in [-0.2, 0) is 0 Å². The Morgan fingerprint density at radius 1 is 1.33 bits per heavy atom. The first kappa shape index (κ1) is 19.5. The van der Waals surface area contributed by atoms with Crippen LogP contribution >= 0.6 is 0 Å². The van der Waals surface area contributed by atoms with E-state index in [4.69, 9.17) is 0 Å². The number of likely N-dealkylation sites (tertiary alicyclic amines) is 1. The summed E-state index contributed by atoms with van der Waals surface area (Å²) < 4.78 is 27.6. The molecule has 7 heteroatoms. The second-order valence-electron chi connectivity index (χ2n) is 7.93. The SMILES string of the molecule is Cc1c(-c2cccc(F)c2F)n[nH]c1C(=O)N1CCC(CC(C)(C)O)CC1. The van der Waals surface area contributed by atoms with Crippen LogP contribution in [0.15, 0.2) is 18.2 Å². The Morgan fingerprint density at radius 2 is 2.00 bits per heavy atom. The molecular formula is C20H25F2N3O2. The van der Waals surface area contributed by atoms with Crippen LogP contribution < -0.4 is 0 Å². The van der Waals surface area contributed by atoms with Gasteiger partial charge in [-0.3, -0.25) is 9.89 Å². The molecule has 0 saturated carbocycles. The van der Waals surface area contributed by atoms with Crippen molar-refractivity contribution in [3.63, 3.8) is 0 Å². The van der Waals surface area contributed by atoms with Gasteiger partial charge in [-0.25, -0.2) is 8.78 Å². The van der Waals surface area contributed by atoms with Crippen molar-refractivity contribution in [2.45, 2.75) is 45.6 Å². The first-order valence-electron chi connectivity index (χ1n) is 9.18. The molecule has 27 heavy (non-hydrogen) atoms. The molecule has 2 N–H and O–H groups in total. The normalized spacial score (nSPS) is 16.0. The number of H-pyrrole nitrogens is 1. The predicted molar refractivity (Wildman–Crippen MR) is 98.2 cm³/mol. The van der Waals surface area contributed by atoms with Gasteiger partial charge in [0.2, 0.25) is 0 Å². The third kappa shape index (κ3) is 4.18. The minimum Gasteiger partial charge on any atom is -0.390 e. The molecule has 146 valence electrons. The number of aromatic amines is 1. The molecule has 2 aromatic rings. The molecule has 0 aliphatic carbocycles. The molecule has 1 aromatic carbocycles. The number of aromatic nitrogens is 2. The summed E-state index contributed by atoms with van der Waals surface area (Å²) >= 11 is 0. The van der Waals surface area contributed by atoms with Crippen molar-refractivity contribution in [2.75, 3.05) is 13.1 Å². The number of benzene rings is 1. The molecule has 0 atom stereocenters. The molecular weight excluding hydrogens is 352 g/mol. The van der Waals surface area contributed by atoms with Gasteiger partial charge in [-0.15, -0.1) is 0 Å². The lowest BCUT2D eigenvalue weighted by molar-refractivity contribution is 0.0356. The van der Waals surface area contributed by atoms with E-state index in [-0.39, 0.29) is 17.2 Å². The zero-order chi connectivity index (χ0) is 19.8. The number of amides is 1. The molecule has 1 aliphatic rings. The number of nitrogens with one attached hydrogen (secondary N) is 1. The van der Waals surface area contributed by atoms with Gasteiger partial charge in [0.25, 0.3) is 5.91 Å². The maximum absolute atomic E-state index is 14.1. The fraction of sp³-hybridized carbons (Fsp3) is 0.500. The fourth-order valence-corrected chi connectivity index (χ4v) is 3.76. The second kappa shape index (κ2) is 7.38. The topological polar surface area (TPSA) is 69.2 Å². The van der Waals surface area contributed by atoms with Crippen molar-refractivity contribution in [2.24, 2.45) is 5.92 Å². The number of nitrogens with zero attached hydrogens (tertiary/aromatic N) is 2. The smallest absolute Gasteiger partial charge is 0.272 e. The highest BCUT2D eigenvalue weighted by atomic mass is 19.2. The first-order chi connectivity index (χ1) is 12.7. The number of piperidine rings is 1. The number of aliphatic hydroxyl groups is 1. The van der Waals surface area contributed by atoms with Crippen molar-refractivity contribution in [3.8, 4) is 11.3 Å². The van der Waals surface area contributed by atoms with Crippen LogP contribution in [0.1, 0.15) is 49.2 Å². The molecule has 0 bridgehead atoms. The Bertz CT molecular complexity index is 834. The highest BCUT2D eigenvalue weighted by Gasteiger charge is 2.29. The number of carbonyl (C=O) groups excluding carboxylic acids is 1. The van der Waals surface area contributed by atoms with E-state index in [2.05, 4.69) is 10.2 Å². The van der Waals surface area contributed by atoms with Crippen LogP contribution in [0.2, 0.25) is 0 Å². The molecule has 1 aromatic heterocycles. The third-order valence-electron chi connectivity index (χ3n) is 5.12. The van der Waals surface area contributed by atoms with Gasteiger partial charge in [0.1, 0.15) is 5.69 Å². The minimum atomic E-state index is -0.974. The molecule has 0 unspecified atom stereocenters. The zero-order valence-corrected chi connectivity index (χ0v) is 15.9. The number of hydrogen-bond donors (Lipinski definition) is 2. The van der Waals surface area contributed by atoms with Crippen molar-refractivity contribution in [3.05, 3.63) is 41.1 Å². The van der Waals surface area contributed by atoms with Gasteiger partial charge in [0.05, 0.1) is 11.3 Å². The second-order valence-corrected chi connectivity index (χ2v) is 7.93. The lowest BCUT2D eigenvalue weighted by Gasteiger charge is -2.34. The average molecular weight is 377 g/mol. The summed E-state index contributed by atoms with van der Waals surface area (Å²) in [6.07, 6.45) is 2.36. The summed E-state index contributed by atoms with van der Waals surface area (Å²) in [5, 5.41) is 16.7. The lowest BCUT2D eigenvalue weighted by atomic mass is 9.86. The van der Waals surface area contributed by atoms with E-state index in [1.54, 1.807) is 25.7 Å². The summed E-state index contributed by atoms with van der Waals surface area (Å²) in [5.41, 5.74) is 0.373. The van der Waals surface area contributed by atoms with Gasteiger partial charge in [-0.2, -0.15) is 5.10 Å². The molecule has 1 amide bonds. The number of rotatable bonds is 4. The van der Waals surface area contributed by atoms with Gasteiger partial charge >= 0.3 is 0 Å². The first-order valence-corrected chi connectivity index (χ1v) is 9.18. The van der Waals surface area contributed by atoms with Crippen molar-refractivity contribution in [1.82, 2.24) is 15.1 Å². The standard InChI is InChI=1S/C20H25F2N3O2/c1-12-17(14-5-4-6-15(21)16(14)22)23-24-18(12)19(26)25-9-7-13(8-10-25)11-20(2,3)27/h4-6,13,27H,7-11H2,1-3H3,(H,23,24). The summed E-state index contributed by atoms with van der Waals surface area (Å²) in [6.45, 7) is 6.47. The Labute approximate surface area is 157 Å². The average Bonchev–Trinajstić information content (AvgIpc) is 2.97. The molecule has 1 aliphatic heterocycles. The van der Waals surface area contributed by atoms with E-state index in [9.17, 15) is 18.7 Å². The number of hydrogen-bond acceptors (Lipinski definition) is 3. The van der Waals surface area contributed by atoms with Crippen molar-refractivity contribution >= 4 is 5.91 Å². The fourth-order valence-electron chi connectivity index (χ4n) is 3.76. The Morgan fingerprint density at radius 3 is 2.63 bits per heavy atom. The maximum Gasteiger partial charge on any atom is 0.272 e. The quantitative estimate of drug-likeness (QED) is 0.854. The molecule has 0 radical (unpaired) electrons. The van der Waals surface area contributed by atoms with E-state index < -0.39 is 17.2 Å². The minimum absolute atomic E-state index is 0.0340. The third-order valence-corrected chi connectivity index (χ3v) is 5.12. The highest BCUT2D eigenvalue weighted by Crippen LogP contribution is 2.30. The summed E-state index contributed by atoms with van der Waals surface area (Å²) in [5.74, 6) is -1.73. The Kier molecular flexibility index (Phi) is 5.33. The summed E-state index contributed by atoms with van der Waals surface area (Å²) in [7, 11) is 0. The Balaban J connectivity index is 1.74. The predicted octanol–water partition coefficient (Wildman–Crippen LogP) is 3.68. The van der Waals surface area contributed by atoms with Crippen LogP contribution in [0.3, 0.4) is 0 Å². The van der Waals surface area contributed by atoms with Crippen LogP contribution in [0.4, 0.5) is 8.78 Å². The van der Waals surface area contributed by atoms with Gasteiger partial charge in [-0.1, -0.05) is 6.07 Å². The monoisotopic (exact) mass is 377 g/mol. The highest BCUT2D eigenvalue weighted by molar-refractivity contribution is 5.95. The summed E-state index contributed by atoms with van der Waals surface area (Å²) in [6, 6.07) is 3.90. The van der Waals surface area contributed by atoms with Crippen LogP contribution in [0.5, 0.6) is 0 Å². The number of carbonyl (C=O) groups is 1. The largest absolute Gasteiger partial charge is 0.390 e. The molecule has 0 spiro atoms. The van der Waals surface area contributed by atoms with E-state index in [1.165, 1.54) is 12.1 Å².